The van der Waals surface area contributed by atoms with Gasteiger partial charge in [0, 0.05) is 17.2 Å². The topological polar surface area (TPSA) is 72.2 Å². The number of piperidine rings is 1. The number of rotatable bonds is 4. The Bertz CT molecular complexity index is 1090. The highest BCUT2D eigenvalue weighted by Gasteiger charge is 2.59. The van der Waals surface area contributed by atoms with Crippen LogP contribution in [0.3, 0.4) is 0 Å². The van der Waals surface area contributed by atoms with Crippen LogP contribution in [0.4, 0.5) is 27.6 Å². The van der Waals surface area contributed by atoms with Crippen molar-refractivity contribution in [2.75, 3.05) is 26.2 Å². The molecule has 5 nitrogen and oxygen atoms in total. The predicted molar refractivity (Wildman–Crippen MR) is 112 cm³/mol. The molecule has 1 saturated heterocycles. The number of amides is 2. The van der Waals surface area contributed by atoms with Crippen LogP contribution in [0.1, 0.15) is 45.5 Å². The summed E-state index contributed by atoms with van der Waals surface area (Å²) < 4.78 is 68.4. The number of benzene rings is 2. The molecular formula is C23H23F5N3O2+. The van der Waals surface area contributed by atoms with Crippen molar-refractivity contribution in [2.24, 2.45) is 5.73 Å². The molecule has 2 aliphatic heterocycles. The number of carbonyl (C=O) groups excluding carboxylic acids is 2. The first kappa shape index (κ1) is 23.3. The molecule has 4 rings (SSSR count). The Morgan fingerprint density at radius 3 is 2.27 bits per heavy atom. The molecule has 2 aliphatic rings. The second-order valence-corrected chi connectivity index (χ2v) is 8.74. The summed E-state index contributed by atoms with van der Waals surface area (Å²) in [5.74, 6) is -4.05. The molecule has 0 bridgehead atoms. The van der Waals surface area contributed by atoms with Crippen molar-refractivity contribution in [2.45, 2.75) is 30.9 Å². The first-order valence-electron chi connectivity index (χ1n) is 10.6. The molecule has 1 fully saturated rings. The lowest BCUT2D eigenvalue weighted by Gasteiger charge is -2.37. The summed E-state index contributed by atoms with van der Waals surface area (Å²) in [5, 5.41) is 3.18. The van der Waals surface area contributed by atoms with Gasteiger partial charge in [-0.15, -0.1) is 0 Å². The predicted octanol–water partition coefficient (Wildman–Crippen LogP) is 3.80. The second kappa shape index (κ2) is 8.18. The molecule has 1 atom stereocenters. The van der Waals surface area contributed by atoms with E-state index in [1.165, 1.54) is 18.2 Å². The van der Waals surface area contributed by atoms with Crippen molar-refractivity contribution in [3.8, 4) is 0 Å². The Labute approximate surface area is 187 Å². The summed E-state index contributed by atoms with van der Waals surface area (Å²) in [6, 6.07) is 7.16. The second-order valence-electron chi connectivity index (χ2n) is 8.74. The van der Waals surface area contributed by atoms with Crippen molar-refractivity contribution in [3.63, 3.8) is 0 Å². The van der Waals surface area contributed by atoms with Crippen molar-refractivity contribution in [3.05, 3.63) is 64.7 Å². The van der Waals surface area contributed by atoms with Gasteiger partial charge in [-0.1, -0.05) is 6.07 Å². The van der Waals surface area contributed by atoms with E-state index in [4.69, 9.17) is 5.73 Å². The number of hydrogen-bond acceptors (Lipinski definition) is 3. The monoisotopic (exact) mass is 468 g/mol. The maximum Gasteiger partial charge on any atom is 0.394 e. The van der Waals surface area contributed by atoms with Crippen LogP contribution in [0.25, 0.3) is 0 Å². The minimum absolute atomic E-state index is 0.0884. The largest absolute Gasteiger partial charge is 0.394 e. The molecule has 0 radical (unpaired) electrons. The molecule has 2 aromatic carbocycles. The molecule has 1 spiro atoms. The molecule has 10 heteroatoms. The van der Waals surface area contributed by atoms with Gasteiger partial charge in [-0.2, -0.15) is 13.2 Å². The highest BCUT2D eigenvalue weighted by Crippen LogP contribution is 2.51. The SMILES string of the molecule is NC(=O)c1ccc2c(c1)C1(CCNCC1)C[N+]2(CCC(F)(F)F)C(=O)c1c(F)cccc1F. The van der Waals surface area contributed by atoms with Gasteiger partial charge in [0.15, 0.2) is 5.56 Å². The third-order valence-electron chi connectivity index (χ3n) is 6.79. The Morgan fingerprint density at radius 2 is 1.70 bits per heavy atom. The zero-order chi connectivity index (χ0) is 24.0. The van der Waals surface area contributed by atoms with Crippen LogP contribution in [0.5, 0.6) is 0 Å². The fourth-order valence-corrected chi connectivity index (χ4v) is 5.22. The number of primary amides is 1. The van der Waals surface area contributed by atoms with Crippen LogP contribution < -0.4 is 15.5 Å². The minimum atomic E-state index is -4.59. The van der Waals surface area contributed by atoms with Gasteiger partial charge in [-0.3, -0.25) is 4.79 Å². The van der Waals surface area contributed by atoms with Gasteiger partial charge in [0.25, 0.3) is 0 Å². The summed E-state index contributed by atoms with van der Waals surface area (Å²) in [6.45, 7) is 0.284. The van der Waals surface area contributed by atoms with Gasteiger partial charge in [0.05, 0.1) is 18.4 Å². The van der Waals surface area contributed by atoms with E-state index in [0.29, 0.717) is 31.5 Å². The van der Waals surface area contributed by atoms with Crippen molar-refractivity contribution >= 4 is 17.5 Å². The number of nitrogens with two attached hydrogens (primary N) is 1. The first-order valence-corrected chi connectivity index (χ1v) is 10.6. The van der Waals surface area contributed by atoms with Crippen LogP contribution >= 0.6 is 0 Å². The third kappa shape index (κ3) is 4.02. The van der Waals surface area contributed by atoms with E-state index in [1.807, 2.05) is 0 Å². The quantitative estimate of drug-likeness (QED) is 0.530. The van der Waals surface area contributed by atoms with E-state index in [-0.39, 0.29) is 17.8 Å². The molecule has 1 unspecified atom stereocenters. The lowest BCUT2D eigenvalue weighted by atomic mass is 9.74. The lowest BCUT2D eigenvalue weighted by Crippen LogP contribution is -2.58. The van der Waals surface area contributed by atoms with E-state index < -0.39 is 58.1 Å². The highest BCUT2D eigenvalue weighted by molar-refractivity contribution is 6.05. The molecule has 33 heavy (non-hydrogen) atoms. The number of halogens is 5. The summed E-state index contributed by atoms with van der Waals surface area (Å²) in [4.78, 5) is 25.6. The third-order valence-corrected chi connectivity index (χ3v) is 6.79. The average molecular weight is 468 g/mol. The Kier molecular flexibility index (Phi) is 5.78. The number of hydrogen-bond donors (Lipinski definition) is 2. The van der Waals surface area contributed by atoms with Crippen LogP contribution in [0.15, 0.2) is 36.4 Å². The first-order chi connectivity index (χ1) is 15.5. The van der Waals surface area contributed by atoms with E-state index in [2.05, 4.69) is 5.32 Å². The van der Waals surface area contributed by atoms with E-state index >= 15 is 0 Å². The normalized spacial score (nSPS) is 21.7. The number of nitrogens with one attached hydrogen (secondary N) is 1. The molecule has 2 aromatic rings. The van der Waals surface area contributed by atoms with Gasteiger partial charge < -0.3 is 11.1 Å². The molecule has 2 amide bonds. The van der Waals surface area contributed by atoms with E-state index in [1.54, 1.807) is 0 Å². The average Bonchev–Trinajstić information content (AvgIpc) is 3.02. The Balaban J connectivity index is 1.95. The van der Waals surface area contributed by atoms with Gasteiger partial charge in [0.2, 0.25) is 5.91 Å². The van der Waals surface area contributed by atoms with Gasteiger partial charge >= 0.3 is 12.1 Å². The van der Waals surface area contributed by atoms with Gasteiger partial charge in [-0.05, 0) is 50.2 Å². The lowest BCUT2D eigenvalue weighted by molar-refractivity contribution is -0.136. The van der Waals surface area contributed by atoms with Crippen LogP contribution in [-0.4, -0.2) is 44.2 Å². The molecule has 0 aromatic heterocycles. The number of quaternary nitrogens is 1. The highest BCUT2D eigenvalue weighted by atomic mass is 19.4. The molecule has 3 N–H and O–H groups in total. The fraction of sp³-hybridized carbons (Fsp3) is 0.391. The van der Waals surface area contributed by atoms with Crippen LogP contribution in [0, 0.1) is 11.6 Å². The van der Waals surface area contributed by atoms with E-state index in [9.17, 15) is 31.5 Å². The number of nitrogens with zero attached hydrogens (tertiary/aromatic N) is 1. The molecule has 0 saturated carbocycles. The van der Waals surface area contributed by atoms with Crippen LogP contribution in [-0.2, 0) is 5.41 Å². The maximum atomic E-state index is 14.6. The standard InChI is InChI=1S/C23H22F5N3O2/c24-16-2-1-3-17(25)19(16)21(33)31(11-8-23(26,27)28)13-22(6-9-30-10-7-22)15-12-14(20(29)32)4-5-18(15)31/h1-5,12,30H,6-11,13H2,(H-,29,32)/p+1. The number of alkyl halides is 3. The zero-order valence-corrected chi connectivity index (χ0v) is 17.6. The van der Waals surface area contributed by atoms with Crippen molar-refractivity contribution in [1.82, 2.24) is 9.80 Å². The molecule has 0 aliphatic carbocycles. The summed E-state index contributed by atoms with van der Waals surface area (Å²) in [5.41, 5.74) is 4.74. The number of fused-ring (bicyclic) bond motifs is 2. The summed E-state index contributed by atoms with van der Waals surface area (Å²) in [6.07, 6.45) is -4.93. The van der Waals surface area contributed by atoms with Crippen LogP contribution in [0.2, 0.25) is 0 Å². The van der Waals surface area contributed by atoms with Crippen molar-refractivity contribution in [1.29, 1.82) is 0 Å². The van der Waals surface area contributed by atoms with E-state index in [0.717, 1.165) is 18.2 Å². The molecular weight excluding hydrogens is 445 g/mol. The zero-order valence-electron chi connectivity index (χ0n) is 17.6. The fourth-order valence-electron chi connectivity index (χ4n) is 5.22. The Hall–Kier alpha value is -2.85. The van der Waals surface area contributed by atoms with Gasteiger partial charge in [-0.25, -0.2) is 18.1 Å². The smallest absolute Gasteiger partial charge is 0.366 e. The van der Waals surface area contributed by atoms with Crippen molar-refractivity contribution < 1.29 is 31.5 Å². The molecule has 2 heterocycles. The number of carbonyl (C=O) groups is 2. The summed E-state index contributed by atoms with van der Waals surface area (Å²) >= 11 is 0. The minimum Gasteiger partial charge on any atom is -0.366 e. The molecule has 176 valence electrons. The van der Waals surface area contributed by atoms with Gasteiger partial charge in [0.1, 0.15) is 23.9 Å². The Morgan fingerprint density at radius 1 is 1.06 bits per heavy atom. The summed E-state index contributed by atoms with van der Waals surface area (Å²) in [7, 11) is 0. The maximum absolute atomic E-state index is 14.6.